The zero-order chi connectivity index (χ0) is 10.0. The van der Waals surface area contributed by atoms with Crippen LogP contribution in [0.2, 0.25) is 0 Å². The zero-order valence-electron chi connectivity index (χ0n) is 8.97. The van der Waals surface area contributed by atoms with Gasteiger partial charge >= 0.3 is 88.2 Å². The first kappa shape index (κ1) is 13.8. The summed E-state index contributed by atoms with van der Waals surface area (Å²) in [5.74, 6) is 0. The SMILES string of the molecule is Cc1cc(C)c(N[CH](C)[Co])c(C)c1.Cl. The van der Waals surface area contributed by atoms with Gasteiger partial charge in [-0.1, -0.05) is 0 Å². The molecule has 0 radical (unpaired) electrons. The van der Waals surface area contributed by atoms with Gasteiger partial charge in [0.1, 0.15) is 0 Å². The van der Waals surface area contributed by atoms with E-state index in [4.69, 9.17) is 0 Å². The summed E-state index contributed by atoms with van der Waals surface area (Å²) in [6.45, 7) is 8.39. The van der Waals surface area contributed by atoms with Crippen LogP contribution in [0, 0.1) is 20.8 Å². The molecule has 0 heterocycles. The Bertz CT molecular complexity index is 287. The minimum Gasteiger partial charge on any atom is -0.147 e. The Morgan fingerprint density at radius 3 is 1.93 bits per heavy atom. The molecule has 0 fully saturated rings. The van der Waals surface area contributed by atoms with Crippen LogP contribution in [0.15, 0.2) is 12.1 Å². The second-order valence-electron chi connectivity index (χ2n) is 3.50. The first-order valence-electron chi connectivity index (χ1n) is 4.46. The first-order chi connectivity index (χ1) is 6.00. The van der Waals surface area contributed by atoms with E-state index in [2.05, 4.69) is 54.0 Å². The monoisotopic (exact) mass is 257 g/mol. The Balaban J connectivity index is 0.00000169. The molecule has 1 aromatic rings. The van der Waals surface area contributed by atoms with E-state index in [1.807, 2.05) is 6.92 Å². The second kappa shape index (κ2) is 5.64. The van der Waals surface area contributed by atoms with E-state index in [9.17, 15) is 0 Å². The Morgan fingerprint density at radius 2 is 1.57 bits per heavy atom. The van der Waals surface area contributed by atoms with Crippen LogP contribution in [0.3, 0.4) is 0 Å². The summed E-state index contributed by atoms with van der Waals surface area (Å²) in [5.41, 5.74) is 5.10. The van der Waals surface area contributed by atoms with Crippen molar-refractivity contribution in [3.05, 3.63) is 28.8 Å². The Morgan fingerprint density at radius 1 is 1.14 bits per heavy atom. The quantitative estimate of drug-likeness (QED) is 0.857. The molecule has 1 aromatic carbocycles. The molecule has 1 atom stereocenters. The Kier molecular flexibility index (Phi) is 5.56. The molecule has 0 saturated heterocycles. The average Bonchev–Trinajstić information content (AvgIpc) is 1.96. The van der Waals surface area contributed by atoms with Crippen molar-refractivity contribution in [1.82, 2.24) is 0 Å². The van der Waals surface area contributed by atoms with Crippen LogP contribution >= 0.6 is 12.4 Å². The standard InChI is InChI=1S/C11H16N.ClH.Co/c1-5-12-11-9(3)6-8(2)7-10(11)4;;/h5-7,12H,1-4H3;1H;. The van der Waals surface area contributed by atoms with Crippen molar-refractivity contribution in [1.29, 1.82) is 0 Å². The van der Waals surface area contributed by atoms with Crippen molar-refractivity contribution in [2.75, 3.05) is 5.32 Å². The normalized spacial score (nSPS) is 11.9. The van der Waals surface area contributed by atoms with Crippen molar-refractivity contribution in [2.24, 2.45) is 0 Å². The number of halogens is 1. The van der Waals surface area contributed by atoms with E-state index in [-0.39, 0.29) is 17.4 Å². The van der Waals surface area contributed by atoms with Gasteiger partial charge in [0.05, 0.1) is 0 Å². The molecule has 1 N–H and O–H groups in total. The van der Waals surface area contributed by atoms with E-state index in [1.54, 1.807) is 0 Å². The van der Waals surface area contributed by atoms with E-state index in [1.165, 1.54) is 22.4 Å². The van der Waals surface area contributed by atoms with Gasteiger partial charge in [-0.15, -0.1) is 12.4 Å². The van der Waals surface area contributed by atoms with Crippen LogP contribution in [0.25, 0.3) is 0 Å². The molecule has 14 heavy (non-hydrogen) atoms. The minimum atomic E-state index is 0. The third-order valence-corrected chi connectivity index (χ3v) is 2.16. The molecule has 0 spiro atoms. The number of hydrogen-bond acceptors (Lipinski definition) is 1. The summed E-state index contributed by atoms with van der Waals surface area (Å²) >= 11 is 4.37. The molecule has 0 aromatic heterocycles. The third kappa shape index (κ3) is 3.52. The van der Waals surface area contributed by atoms with Crippen molar-refractivity contribution in [2.45, 2.75) is 32.7 Å². The number of hydrogen-bond donors (Lipinski definition) is 1. The summed E-state index contributed by atoms with van der Waals surface area (Å²) in [6, 6.07) is 4.37. The maximum atomic E-state index is 4.37. The molecule has 0 aliphatic rings. The predicted octanol–water partition coefficient (Wildman–Crippen LogP) is 3.34. The fourth-order valence-electron chi connectivity index (χ4n) is 1.60. The molecule has 0 aliphatic carbocycles. The van der Waals surface area contributed by atoms with Crippen LogP contribution in [-0.2, 0) is 15.7 Å². The van der Waals surface area contributed by atoms with Gasteiger partial charge < -0.3 is 0 Å². The fourth-order valence-corrected chi connectivity index (χ4v) is 1.75. The first-order valence-corrected chi connectivity index (χ1v) is 5.06. The smallest absolute Gasteiger partial charge is 0.147 e. The Labute approximate surface area is 101 Å². The molecule has 0 amide bonds. The molecule has 82 valence electrons. The molecule has 1 rings (SSSR count). The van der Waals surface area contributed by atoms with Gasteiger partial charge in [0.15, 0.2) is 0 Å². The van der Waals surface area contributed by atoms with Gasteiger partial charge in [-0.25, -0.2) is 0 Å². The summed E-state index contributed by atoms with van der Waals surface area (Å²) in [6.07, 6.45) is 0. The second-order valence-corrected chi connectivity index (χ2v) is 4.40. The predicted molar refractivity (Wildman–Crippen MR) is 61.0 cm³/mol. The average molecular weight is 258 g/mol. The minimum absolute atomic E-state index is 0. The molecule has 3 heteroatoms. The van der Waals surface area contributed by atoms with E-state index in [0.29, 0.717) is 0 Å². The fraction of sp³-hybridized carbons (Fsp3) is 0.455. The molecule has 0 bridgehead atoms. The summed E-state index contributed by atoms with van der Waals surface area (Å²) in [7, 11) is 0. The number of rotatable bonds is 2. The molecular formula is C11H17ClCoN. The van der Waals surface area contributed by atoms with Crippen LogP contribution in [0.1, 0.15) is 23.6 Å². The van der Waals surface area contributed by atoms with Crippen molar-refractivity contribution in [3.8, 4) is 0 Å². The summed E-state index contributed by atoms with van der Waals surface area (Å²) < 4.78 is 0. The van der Waals surface area contributed by atoms with Crippen molar-refractivity contribution < 1.29 is 15.7 Å². The van der Waals surface area contributed by atoms with Crippen LogP contribution in [-0.4, -0.2) is 4.98 Å². The van der Waals surface area contributed by atoms with Gasteiger partial charge in [0, 0.05) is 0 Å². The number of aryl methyl sites for hydroxylation is 3. The zero-order valence-corrected chi connectivity index (χ0v) is 10.8. The van der Waals surface area contributed by atoms with Gasteiger partial charge in [0.2, 0.25) is 0 Å². The van der Waals surface area contributed by atoms with E-state index < -0.39 is 0 Å². The topological polar surface area (TPSA) is 12.0 Å². The molecule has 1 nitrogen and oxygen atoms in total. The molecule has 1 unspecified atom stereocenters. The third-order valence-electron chi connectivity index (χ3n) is 2.01. The maximum Gasteiger partial charge on any atom is -0.147 e. The number of benzene rings is 1. The van der Waals surface area contributed by atoms with Gasteiger partial charge in [-0.05, 0) is 0 Å². The van der Waals surface area contributed by atoms with Crippen LogP contribution < -0.4 is 5.32 Å². The number of anilines is 1. The number of nitrogens with one attached hydrogen (secondary N) is 1. The van der Waals surface area contributed by atoms with Crippen molar-refractivity contribution in [3.63, 3.8) is 0 Å². The van der Waals surface area contributed by atoms with Crippen LogP contribution in [0.5, 0.6) is 0 Å². The molecule has 0 saturated carbocycles. The van der Waals surface area contributed by atoms with Crippen molar-refractivity contribution >= 4 is 18.1 Å². The maximum absolute atomic E-state index is 4.37. The summed E-state index contributed by atoms with van der Waals surface area (Å²) in [4.78, 5) is 0.188. The Hall–Kier alpha value is -0.184. The van der Waals surface area contributed by atoms with Gasteiger partial charge in [-0.2, -0.15) is 0 Å². The van der Waals surface area contributed by atoms with E-state index >= 15 is 0 Å². The van der Waals surface area contributed by atoms with Gasteiger partial charge in [0.25, 0.3) is 0 Å². The molecule has 0 aliphatic heterocycles. The van der Waals surface area contributed by atoms with Crippen LogP contribution in [0.4, 0.5) is 5.69 Å². The van der Waals surface area contributed by atoms with Gasteiger partial charge in [-0.3, -0.25) is 0 Å². The molecular weight excluding hydrogens is 241 g/mol. The van der Waals surface area contributed by atoms with E-state index in [0.717, 1.165) is 0 Å². The summed E-state index contributed by atoms with van der Waals surface area (Å²) in [5, 5.41) is 3.33. The largest absolute Gasteiger partial charge is 0.147 e.